The molecule has 1 aliphatic heterocycles. The van der Waals surface area contributed by atoms with Crippen LogP contribution in [0, 0.1) is 11.3 Å². The van der Waals surface area contributed by atoms with Crippen molar-refractivity contribution in [2.24, 2.45) is 0 Å². The Labute approximate surface area is 98.1 Å². The summed E-state index contributed by atoms with van der Waals surface area (Å²) in [6.07, 6.45) is 3.22. The Morgan fingerprint density at radius 3 is 2.94 bits per heavy atom. The molecule has 0 saturated carbocycles. The lowest BCUT2D eigenvalue weighted by Crippen LogP contribution is -1.92. The van der Waals surface area contributed by atoms with Crippen LogP contribution in [-0.4, -0.2) is 11.8 Å². The summed E-state index contributed by atoms with van der Waals surface area (Å²) in [5.41, 5.74) is 2.32. The summed E-state index contributed by atoms with van der Waals surface area (Å²) in [5, 5.41) is 9.03. The van der Waals surface area contributed by atoms with Crippen molar-refractivity contribution in [2.75, 3.05) is 6.79 Å². The Kier molecular flexibility index (Phi) is 2.16. The Hall–Kier alpha value is -2.54. The van der Waals surface area contributed by atoms with Gasteiger partial charge in [0, 0.05) is 18.0 Å². The van der Waals surface area contributed by atoms with E-state index in [1.54, 1.807) is 12.4 Å². The minimum Gasteiger partial charge on any atom is -0.454 e. The lowest BCUT2D eigenvalue weighted by molar-refractivity contribution is 0.174. The quantitative estimate of drug-likeness (QED) is 0.746. The van der Waals surface area contributed by atoms with Crippen LogP contribution in [0.1, 0.15) is 5.56 Å². The summed E-state index contributed by atoms with van der Waals surface area (Å²) >= 11 is 0. The summed E-state index contributed by atoms with van der Waals surface area (Å²) in [4.78, 5) is 3.94. The maximum atomic E-state index is 9.03. The number of nitriles is 1. The van der Waals surface area contributed by atoms with Crippen molar-refractivity contribution >= 4 is 0 Å². The molecule has 4 heteroatoms. The van der Waals surface area contributed by atoms with Crippen LogP contribution in [0.5, 0.6) is 11.5 Å². The molecule has 2 heterocycles. The molecule has 0 spiro atoms. The van der Waals surface area contributed by atoms with Crippen LogP contribution in [0.4, 0.5) is 0 Å². The fraction of sp³-hybridized carbons (Fsp3) is 0.0769. The molecule has 0 amide bonds. The number of aromatic nitrogens is 1. The number of benzene rings is 1. The van der Waals surface area contributed by atoms with Crippen LogP contribution in [0.2, 0.25) is 0 Å². The average molecular weight is 224 g/mol. The van der Waals surface area contributed by atoms with Gasteiger partial charge in [-0.3, -0.25) is 4.98 Å². The third-order valence-electron chi connectivity index (χ3n) is 2.63. The van der Waals surface area contributed by atoms with Gasteiger partial charge < -0.3 is 9.47 Å². The smallest absolute Gasteiger partial charge is 0.231 e. The molecule has 2 aromatic rings. The Bertz CT molecular complexity index is 617. The zero-order chi connectivity index (χ0) is 11.7. The standard InChI is InChI=1S/C13H8N2O2/c14-6-10-7-15-4-3-11(10)9-1-2-12-13(5-9)17-8-16-12/h1-5,7H,8H2. The number of hydrogen-bond acceptors (Lipinski definition) is 4. The molecule has 0 aliphatic carbocycles. The third-order valence-corrected chi connectivity index (χ3v) is 2.63. The molecule has 1 aromatic heterocycles. The first-order valence-electron chi connectivity index (χ1n) is 5.12. The van der Waals surface area contributed by atoms with E-state index in [1.807, 2.05) is 24.3 Å². The number of fused-ring (bicyclic) bond motifs is 1. The first kappa shape index (κ1) is 9.67. The largest absolute Gasteiger partial charge is 0.454 e. The first-order valence-corrected chi connectivity index (χ1v) is 5.12. The normalized spacial score (nSPS) is 12.2. The Morgan fingerprint density at radius 2 is 2.06 bits per heavy atom. The highest BCUT2D eigenvalue weighted by Crippen LogP contribution is 2.36. The summed E-state index contributed by atoms with van der Waals surface area (Å²) in [5.74, 6) is 1.45. The van der Waals surface area contributed by atoms with Crippen LogP contribution in [0.15, 0.2) is 36.7 Å². The summed E-state index contributed by atoms with van der Waals surface area (Å²) in [6, 6.07) is 9.57. The molecule has 0 unspecified atom stereocenters. The molecular weight excluding hydrogens is 216 g/mol. The van der Waals surface area contributed by atoms with Gasteiger partial charge in [-0.2, -0.15) is 5.26 Å². The number of hydrogen-bond donors (Lipinski definition) is 0. The van der Waals surface area contributed by atoms with Gasteiger partial charge in [0.25, 0.3) is 0 Å². The van der Waals surface area contributed by atoms with E-state index in [1.165, 1.54) is 0 Å². The van der Waals surface area contributed by atoms with Crippen molar-refractivity contribution in [1.82, 2.24) is 4.98 Å². The average Bonchev–Trinajstić information content (AvgIpc) is 2.85. The number of ether oxygens (including phenoxy) is 2. The second kappa shape index (κ2) is 3.80. The van der Waals surface area contributed by atoms with Crippen LogP contribution in [-0.2, 0) is 0 Å². The fourth-order valence-corrected chi connectivity index (χ4v) is 1.80. The van der Waals surface area contributed by atoms with Gasteiger partial charge in [0.05, 0.1) is 5.56 Å². The zero-order valence-electron chi connectivity index (χ0n) is 8.88. The predicted molar refractivity (Wildman–Crippen MR) is 60.5 cm³/mol. The molecule has 0 N–H and O–H groups in total. The van der Waals surface area contributed by atoms with Crippen molar-refractivity contribution < 1.29 is 9.47 Å². The second-order valence-corrected chi connectivity index (χ2v) is 3.60. The first-order chi connectivity index (χ1) is 8.38. The summed E-state index contributed by atoms with van der Waals surface area (Å²) in [6.45, 7) is 0.250. The van der Waals surface area contributed by atoms with Crippen molar-refractivity contribution in [3.63, 3.8) is 0 Å². The predicted octanol–water partition coefficient (Wildman–Crippen LogP) is 2.35. The van der Waals surface area contributed by atoms with E-state index in [0.717, 1.165) is 16.9 Å². The van der Waals surface area contributed by atoms with Crippen LogP contribution in [0.25, 0.3) is 11.1 Å². The van der Waals surface area contributed by atoms with E-state index in [9.17, 15) is 0 Å². The van der Waals surface area contributed by atoms with Crippen LogP contribution < -0.4 is 9.47 Å². The van der Waals surface area contributed by atoms with E-state index < -0.39 is 0 Å². The molecule has 0 radical (unpaired) electrons. The van der Waals surface area contributed by atoms with E-state index in [0.29, 0.717) is 11.3 Å². The maximum absolute atomic E-state index is 9.03. The minimum atomic E-state index is 0.250. The van der Waals surface area contributed by atoms with Gasteiger partial charge in [-0.25, -0.2) is 0 Å². The topological polar surface area (TPSA) is 55.1 Å². The monoisotopic (exact) mass is 224 g/mol. The lowest BCUT2D eigenvalue weighted by atomic mass is 10.0. The Balaban J connectivity index is 2.13. The number of nitrogens with zero attached hydrogens (tertiary/aromatic N) is 2. The molecular formula is C13H8N2O2. The molecule has 4 nitrogen and oxygen atoms in total. The minimum absolute atomic E-state index is 0.250. The van der Waals surface area contributed by atoms with Crippen LogP contribution in [0.3, 0.4) is 0 Å². The molecule has 17 heavy (non-hydrogen) atoms. The highest BCUT2D eigenvalue weighted by atomic mass is 16.7. The number of pyridine rings is 1. The van der Waals surface area contributed by atoms with Gasteiger partial charge in [-0.05, 0) is 23.8 Å². The lowest BCUT2D eigenvalue weighted by Gasteiger charge is -2.04. The van der Waals surface area contributed by atoms with Gasteiger partial charge in [-0.15, -0.1) is 0 Å². The molecule has 0 atom stereocenters. The zero-order valence-corrected chi connectivity index (χ0v) is 8.88. The SMILES string of the molecule is N#Cc1cnccc1-c1ccc2c(c1)OCO2. The van der Waals surface area contributed by atoms with E-state index >= 15 is 0 Å². The van der Waals surface area contributed by atoms with Crippen molar-refractivity contribution in [2.45, 2.75) is 0 Å². The van der Waals surface area contributed by atoms with Gasteiger partial charge in [-0.1, -0.05) is 6.07 Å². The molecule has 0 bridgehead atoms. The third kappa shape index (κ3) is 1.58. The van der Waals surface area contributed by atoms with E-state index in [2.05, 4.69) is 11.1 Å². The molecule has 82 valence electrons. The molecule has 1 aromatic carbocycles. The van der Waals surface area contributed by atoms with Crippen LogP contribution >= 0.6 is 0 Å². The summed E-state index contributed by atoms with van der Waals surface area (Å²) < 4.78 is 10.6. The molecule has 0 fully saturated rings. The van der Waals surface area contributed by atoms with Crippen molar-refractivity contribution in [3.05, 3.63) is 42.2 Å². The highest BCUT2D eigenvalue weighted by molar-refractivity contribution is 5.72. The van der Waals surface area contributed by atoms with Crippen molar-refractivity contribution in [1.29, 1.82) is 5.26 Å². The highest BCUT2D eigenvalue weighted by Gasteiger charge is 2.14. The van der Waals surface area contributed by atoms with Gasteiger partial charge >= 0.3 is 0 Å². The molecule has 0 saturated heterocycles. The van der Waals surface area contributed by atoms with E-state index in [4.69, 9.17) is 14.7 Å². The second-order valence-electron chi connectivity index (χ2n) is 3.60. The van der Waals surface area contributed by atoms with Crippen molar-refractivity contribution in [3.8, 4) is 28.7 Å². The van der Waals surface area contributed by atoms with Gasteiger partial charge in [0.15, 0.2) is 11.5 Å². The maximum Gasteiger partial charge on any atom is 0.231 e. The van der Waals surface area contributed by atoms with Gasteiger partial charge in [0.1, 0.15) is 6.07 Å². The number of rotatable bonds is 1. The summed E-state index contributed by atoms with van der Waals surface area (Å²) in [7, 11) is 0. The van der Waals surface area contributed by atoms with Gasteiger partial charge in [0.2, 0.25) is 6.79 Å². The van der Waals surface area contributed by atoms with E-state index in [-0.39, 0.29) is 6.79 Å². The molecule has 3 rings (SSSR count). The fourth-order valence-electron chi connectivity index (χ4n) is 1.80. The Morgan fingerprint density at radius 1 is 1.18 bits per heavy atom. The molecule has 1 aliphatic rings.